The fourth-order valence-electron chi connectivity index (χ4n) is 2.02. The van der Waals surface area contributed by atoms with E-state index in [0.717, 1.165) is 0 Å². The van der Waals surface area contributed by atoms with E-state index in [1.54, 1.807) is 20.4 Å². The molecule has 0 saturated heterocycles. The number of rotatable bonds is 7. The van der Waals surface area contributed by atoms with Gasteiger partial charge in [0.15, 0.2) is 23.3 Å². The summed E-state index contributed by atoms with van der Waals surface area (Å²) in [5.41, 5.74) is -0.829. The summed E-state index contributed by atoms with van der Waals surface area (Å²) in [6.07, 6.45) is -0.339. The zero-order valence-electron chi connectivity index (χ0n) is 12.0. The van der Waals surface area contributed by atoms with Crippen LogP contribution in [0.15, 0.2) is 0 Å². The van der Waals surface area contributed by atoms with Crippen molar-refractivity contribution < 1.29 is 30.8 Å². The molecule has 1 rings (SSSR count). The average molecular weight is 328 g/mol. The minimum absolute atomic E-state index is 0.0903. The van der Waals surface area contributed by atoms with Crippen LogP contribution in [0.2, 0.25) is 12.6 Å². The Morgan fingerprint density at radius 1 is 0.762 bits per heavy atom. The molecule has 0 aliphatic rings. The van der Waals surface area contributed by atoms with Gasteiger partial charge in [-0.2, -0.15) is 0 Å². The van der Waals surface area contributed by atoms with Gasteiger partial charge in [0.25, 0.3) is 0 Å². The third-order valence-corrected chi connectivity index (χ3v) is 5.99. The minimum atomic E-state index is -2.70. The van der Waals surface area contributed by atoms with Gasteiger partial charge in [0.2, 0.25) is 5.82 Å². The number of hydrogen-bond acceptors (Lipinski definition) is 2. The van der Waals surface area contributed by atoms with E-state index in [4.69, 9.17) is 8.85 Å². The second kappa shape index (κ2) is 7.32. The lowest BCUT2D eigenvalue weighted by Gasteiger charge is -2.26. The summed E-state index contributed by atoms with van der Waals surface area (Å²) in [4.78, 5) is 0. The molecule has 0 bridgehead atoms. The third kappa shape index (κ3) is 4.01. The standard InChI is InChI=1S/C13H17F5O2Si/c1-4-19-21(3,20-5-2)7-6-8-9(14)11(16)13(18)12(17)10(8)15/h4-7H2,1-3H3. The summed E-state index contributed by atoms with van der Waals surface area (Å²) in [6, 6.07) is 0.0903. The van der Waals surface area contributed by atoms with Crippen molar-refractivity contribution in [3.63, 3.8) is 0 Å². The van der Waals surface area contributed by atoms with Crippen molar-refractivity contribution in [2.75, 3.05) is 13.2 Å². The van der Waals surface area contributed by atoms with Crippen LogP contribution in [0, 0.1) is 29.1 Å². The van der Waals surface area contributed by atoms with E-state index in [1.165, 1.54) is 0 Å². The van der Waals surface area contributed by atoms with E-state index in [0.29, 0.717) is 13.2 Å². The quantitative estimate of drug-likeness (QED) is 0.325. The highest BCUT2D eigenvalue weighted by molar-refractivity contribution is 6.66. The van der Waals surface area contributed by atoms with Crippen molar-refractivity contribution >= 4 is 8.56 Å². The molecule has 0 aliphatic heterocycles. The summed E-state index contributed by atoms with van der Waals surface area (Å²) >= 11 is 0. The van der Waals surface area contributed by atoms with Gasteiger partial charge in [-0.3, -0.25) is 0 Å². The molecule has 0 saturated carbocycles. The first-order valence-corrected chi connectivity index (χ1v) is 9.08. The van der Waals surface area contributed by atoms with Gasteiger partial charge in [-0.05, 0) is 32.9 Å². The van der Waals surface area contributed by atoms with Crippen LogP contribution in [-0.4, -0.2) is 21.8 Å². The molecule has 1 aromatic rings. The largest absolute Gasteiger partial charge is 0.395 e. The Bertz CT molecular complexity index is 475. The molecule has 0 unspecified atom stereocenters. The smallest absolute Gasteiger partial charge is 0.335 e. The molecule has 1 aromatic carbocycles. The van der Waals surface area contributed by atoms with E-state index in [9.17, 15) is 22.0 Å². The number of hydrogen-bond donors (Lipinski definition) is 0. The van der Waals surface area contributed by atoms with E-state index in [1.807, 2.05) is 0 Å². The molecule has 0 aromatic heterocycles. The molecule has 0 atom stereocenters. The highest BCUT2D eigenvalue weighted by atomic mass is 28.4. The zero-order chi connectivity index (χ0) is 16.2. The Balaban J connectivity index is 3.03. The summed E-state index contributed by atoms with van der Waals surface area (Å²) in [6.45, 7) is 5.86. The van der Waals surface area contributed by atoms with Gasteiger partial charge in [0.1, 0.15) is 0 Å². The van der Waals surface area contributed by atoms with Crippen molar-refractivity contribution in [3.05, 3.63) is 34.6 Å². The minimum Gasteiger partial charge on any atom is -0.395 e. The molecular weight excluding hydrogens is 311 g/mol. The van der Waals surface area contributed by atoms with Crippen LogP contribution >= 0.6 is 0 Å². The van der Waals surface area contributed by atoms with Crippen molar-refractivity contribution in [2.24, 2.45) is 0 Å². The summed E-state index contributed by atoms with van der Waals surface area (Å²) in [5.74, 6) is -9.60. The zero-order valence-corrected chi connectivity index (χ0v) is 13.0. The van der Waals surface area contributed by atoms with Gasteiger partial charge >= 0.3 is 8.56 Å². The van der Waals surface area contributed by atoms with E-state index < -0.39 is 43.2 Å². The lowest BCUT2D eigenvalue weighted by Crippen LogP contribution is -2.39. The monoisotopic (exact) mass is 328 g/mol. The normalized spacial score (nSPS) is 12.0. The maximum atomic E-state index is 13.6. The third-order valence-electron chi connectivity index (χ3n) is 3.03. The molecule has 2 nitrogen and oxygen atoms in total. The SMILES string of the molecule is CCO[Si](C)(CCc1c(F)c(F)c(F)c(F)c1F)OCC. The van der Waals surface area contributed by atoms with Crippen LogP contribution in [0.5, 0.6) is 0 Å². The highest BCUT2D eigenvalue weighted by Crippen LogP contribution is 2.26. The second-order valence-corrected chi connectivity index (χ2v) is 7.89. The molecule has 0 spiro atoms. The Labute approximate surface area is 121 Å². The molecular formula is C13H17F5O2Si. The molecule has 0 aliphatic carbocycles. The predicted octanol–water partition coefficient (Wildman–Crippen LogP) is 4.07. The Hall–Kier alpha value is -0.993. The molecule has 120 valence electrons. The van der Waals surface area contributed by atoms with Gasteiger partial charge in [-0.1, -0.05) is 0 Å². The van der Waals surface area contributed by atoms with Crippen molar-refractivity contribution in [3.8, 4) is 0 Å². The maximum absolute atomic E-state index is 13.6. The van der Waals surface area contributed by atoms with Gasteiger partial charge in [-0.15, -0.1) is 0 Å². The first kappa shape index (κ1) is 18.1. The molecule has 8 heteroatoms. The van der Waals surface area contributed by atoms with E-state index in [2.05, 4.69) is 0 Å². The van der Waals surface area contributed by atoms with Gasteiger partial charge in [0.05, 0.1) is 0 Å². The summed E-state index contributed by atoms with van der Waals surface area (Å²) < 4.78 is 77.2. The van der Waals surface area contributed by atoms with Crippen LogP contribution in [0.3, 0.4) is 0 Å². The molecule has 0 amide bonds. The number of halogens is 5. The Morgan fingerprint density at radius 3 is 1.52 bits per heavy atom. The van der Waals surface area contributed by atoms with E-state index in [-0.39, 0.29) is 12.5 Å². The van der Waals surface area contributed by atoms with Crippen LogP contribution in [0.4, 0.5) is 22.0 Å². The molecule has 0 N–H and O–H groups in total. The average Bonchev–Trinajstić information content (AvgIpc) is 2.43. The molecule has 0 fully saturated rings. The van der Waals surface area contributed by atoms with Crippen LogP contribution < -0.4 is 0 Å². The maximum Gasteiger partial charge on any atom is 0.335 e. The van der Waals surface area contributed by atoms with Crippen molar-refractivity contribution in [2.45, 2.75) is 32.9 Å². The van der Waals surface area contributed by atoms with Gasteiger partial charge in [-0.25, -0.2) is 22.0 Å². The van der Waals surface area contributed by atoms with Crippen LogP contribution in [-0.2, 0) is 15.3 Å². The lowest BCUT2D eigenvalue weighted by atomic mass is 10.1. The molecule has 0 radical (unpaired) electrons. The topological polar surface area (TPSA) is 18.5 Å². The van der Waals surface area contributed by atoms with Crippen molar-refractivity contribution in [1.29, 1.82) is 0 Å². The molecule has 0 heterocycles. The highest BCUT2D eigenvalue weighted by Gasteiger charge is 2.33. The van der Waals surface area contributed by atoms with Gasteiger partial charge < -0.3 is 8.85 Å². The van der Waals surface area contributed by atoms with Crippen LogP contribution in [0.1, 0.15) is 19.4 Å². The van der Waals surface area contributed by atoms with Gasteiger partial charge in [0, 0.05) is 18.8 Å². The summed E-state index contributed by atoms with van der Waals surface area (Å²) in [7, 11) is -2.70. The van der Waals surface area contributed by atoms with Crippen molar-refractivity contribution in [1.82, 2.24) is 0 Å². The first-order valence-electron chi connectivity index (χ1n) is 6.55. The Morgan fingerprint density at radius 2 is 1.14 bits per heavy atom. The summed E-state index contributed by atoms with van der Waals surface area (Å²) in [5, 5.41) is 0. The number of benzene rings is 1. The predicted molar refractivity (Wildman–Crippen MR) is 69.6 cm³/mol. The fraction of sp³-hybridized carbons (Fsp3) is 0.538. The van der Waals surface area contributed by atoms with E-state index >= 15 is 0 Å². The lowest BCUT2D eigenvalue weighted by molar-refractivity contribution is 0.189. The first-order chi connectivity index (χ1) is 9.77. The second-order valence-electron chi connectivity index (χ2n) is 4.55. The fourth-order valence-corrected chi connectivity index (χ4v) is 4.32. The molecule has 21 heavy (non-hydrogen) atoms. The van der Waals surface area contributed by atoms with Crippen LogP contribution in [0.25, 0.3) is 0 Å². The Kier molecular flexibility index (Phi) is 6.30.